The highest BCUT2D eigenvalue weighted by Gasteiger charge is 2.38. The van der Waals surface area contributed by atoms with E-state index < -0.39 is 12.0 Å². The maximum absolute atomic E-state index is 11.8. The minimum Gasteiger partial charge on any atom is -0.480 e. The third-order valence-electron chi connectivity index (χ3n) is 4.06. The molecule has 4 nitrogen and oxygen atoms in total. The Kier molecular flexibility index (Phi) is 5.15. The fourth-order valence-corrected chi connectivity index (χ4v) is 2.73. The van der Waals surface area contributed by atoms with Crippen molar-refractivity contribution < 1.29 is 14.6 Å². The van der Waals surface area contributed by atoms with Crippen molar-refractivity contribution in [3.63, 3.8) is 0 Å². The summed E-state index contributed by atoms with van der Waals surface area (Å²) < 4.78 is 5.15. The van der Waals surface area contributed by atoms with Crippen molar-refractivity contribution in [3.8, 4) is 0 Å². The number of hydrogen-bond donors (Lipinski definition) is 1. The minimum absolute atomic E-state index is 0.270. The average Bonchev–Trinajstić information content (AvgIpc) is 3.27. The predicted molar refractivity (Wildman–Crippen MR) is 77.6 cm³/mol. The fourth-order valence-electron chi connectivity index (χ4n) is 2.73. The summed E-state index contributed by atoms with van der Waals surface area (Å²) >= 11 is 0. The number of ether oxygens (including phenoxy) is 1. The van der Waals surface area contributed by atoms with Crippen LogP contribution in [0, 0.1) is 5.92 Å². The second-order valence-corrected chi connectivity index (χ2v) is 5.46. The highest BCUT2D eigenvalue weighted by molar-refractivity contribution is 5.75. The summed E-state index contributed by atoms with van der Waals surface area (Å²) in [4.78, 5) is 13.8. The van der Waals surface area contributed by atoms with Crippen LogP contribution in [0.5, 0.6) is 0 Å². The van der Waals surface area contributed by atoms with Crippen molar-refractivity contribution in [2.45, 2.75) is 31.8 Å². The summed E-state index contributed by atoms with van der Waals surface area (Å²) in [6.45, 7) is 3.32. The fraction of sp³-hybridized carbons (Fsp3) is 0.562. The lowest BCUT2D eigenvalue weighted by Crippen LogP contribution is -2.43. The summed E-state index contributed by atoms with van der Waals surface area (Å²) in [5.74, 6) is -0.169. The second-order valence-electron chi connectivity index (χ2n) is 5.46. The monoisotopic (exact) mass is 277 g/mol. The van der Waals surface area contributed by atoms with Crippen LogP contribution in [0.25, 0.3) is 0 Å². The Morgan fingerprint density at radius 3 is 2.55 bits per heavy atom. The molecule has 0 bridgehead atoms. The third-order valence-corrected chi connectivity index (χ3v) is 4.06. The SMILES string of the molecule is COCCN(C(C(=O)O)c1ccccc1)C(C)C1CC1. The van der Waals surface area contributed by atoms with Crippen LogP contribution in [-0.4, -0.2) is 42.3 Å². The highest BCUT2D eigenvalue weighted by Crippen LogP contribution is 2.38. The predicted octanol–water partition coefficient (Wildman–Crippen LogP) is 2.56. The summed E-state index contributed by atoms with van der Waals surface area (Å²) in [5.41, 5.74) is 0.837. The molecule has 0 amide bonds. The van der Waals surface area contributed by atoms with Crippen LogP contribution < -0.4 is 0 Å². The molecule has 0 aliphatic heterocycles. The number of carboxylic acids is 1. The average molecular weight is 277 g/mol. The van der Waals surface area contributed by atoms with Gasteiger partial charge in [-0.15, -0.1) is 0 Å². The highest BCUT2D eigenvalue weighted by atomic mass is 16.5. The smallest absolute Gasteiger partial charge is 0.325 e. The van der Waals surface area contributed by atoms with Crippen LogP contribution in [0.15, 0.2) is 30.3 Å². The van der Waals surface area contributed by atoms with E-state index in [0.29, 0.717) is 19.1 Å². The molecule has 110 valence electrons. The van der Waals surface area contributed by atoms with E-state index in [2.05, 4.69) is 11.8 Å². The number of carbonyl (C=O) groups is 1. The Morgan fingerprint density at radius 1 is 1.40 bits per heavy atom. The van der Waals surface area contributed by atoms with Crippen molar-refractivity contribution in [2.24, 2.45) is 5.92 Å². The Balaban J connectivity index is 2.23. The first kappa shape index (κ1) is 15.0. The van der Waals surface area contributed by atoms with Crippen molar-refractivity contribution >= 4 is 5.97 Å². The number of nitrogens with zero attached hydrogens (tertiary/aromatic N) is 1. The van der Waals surface area contributed by atoms with Crippen LogP contribution in [0.2, 0.25) is 0 Å². The standard InChI is InChI=1S/C16H23NO3/c1-12(13-8-9-13)17(10-11-20-2)15(16(18)19)14-6-4-3-5-7-14/h3-7,12-13,15H,8-11H2,1-2H3,(H,18,19). The maximum atomic E-state index is 11.8. The number of hydrogen-bond acceptors (Lipinski definition) is 3. The first-order valence-electron chi connectivity index (χ1n) is 7.17. The van der Waals surface area contributed by atoms with Gasteiger partial charge in [-0.2, -0.15) is 0 Å². The molecule has 1 aliphatic carbocycles. The van der Waals surface area contributed by atoms with E-state index in [9.17, 15) is 9.90 Å². The van der Waals surface area contributed by atoms with E-state index in [0.717, 1.165) is 5.56 Å². The van der Waals surface area contributed by atoms with Gasteiger partial charge < -0.3 is 9.84 Å². The molecule has 2 atom stereocenters. The number of carboxylic acid groups (broad SMARTS) is 1. The molecule has 1 aromatic rings. The van der Waals surface area contributed by atoms with Gasteiger partial charge in [0, 0.05) is 19.7 Å². The minimum atomic E-state index is -0.792. The van der Waals surface area contributed by atoms with Crippen LogP contribution >= 0.6 is 0 Å². The zero-order valence-corrected chi connectivity index (χ0v) is 12.2. The molecule has 4 heteroatoms. The lowest BCUT2D eigenvalue weighted by molar-refractivity contribution is -0.145. The lowest BCUT2D eigenvalue weighted by atomic mass is 10.0. The molecule has 0 aromatic heterocycles. The maximum Gasteiger partial charge on any atom is 0.325 e. The molecule has 1 aromatic carbocycles. The van der Waals surface area contributed by atoms with E-state index in [1.165, 1.54) is 12.8 Å². The molecule has 0 spiro atoms. The van der Waals surface area contributed by atoms with Gasteiger partial charge in [0.1, 0.15) is 6.04 Å². The van der Waals surface area contributed by atoms with E-state index >= 15 is 0 Å². The van der Waals surface area contributed by atoms with Crippen LogP contribution in [0.4, 0.5) is 0 Å². The van der Waals surface area contributed by atoms with Crippen molar-refractivity contribution in [3.05, 3.63) is 35.9 Å². The van der Waals surface area contributed by atoms with Gasteiger partial charge in [0.05, 0.1) is 6.61 Å². The summed E-state index contributed by atoms with van der Waals surface area (Å²) in [6.07, 6.45) is 2.40. The topological polar surface area (TPSA) is 49.8 Å². The van der Waals surface area contributed by atoms with Gasteiger partial charge in [-0.3, -0.25) is 9.69 Å². The number of rotatable bonds is 8. The Bertz CT molecular complexity index is 431. The van der Waals surface area contributed by atoms with Gasteiger partial charge >= 0.3 is 5.97 Å². The van der Waals surface area contributed by atoms with Gasteiger partial charge in [0.15, 0.2) is 0 Å². The molecule has 1 N–H and O–H groups in total. The Morgan fingerprint density at radius 2 is 2.05 bits per heavy atom. The molecule has 2 unspecified atom stereocenters. The van der Waals surface area contributed by atoms with Crippen LogP contribution in [-0.2, 0) is 9.53 Å². The third kappa shape index (κ3) is 3.58. The first-order valence-corrected chi connectivity index (χ1v) is 7.17. The second kappa shape index (κ2) is 6.86. The number of aliphatic carboxylic acids is 1. The molecular weight excluding hydrogens is 254 g/mol. The molecule has 0 saturated heterocycles. The molecule has 0 heterocycles. The van der Waals surface area contributed by atoms with E-state index in [-0.39, 0.29) is 6.04 Å². The largest absolute Gasteiger partial charge is 0.480 e. The molecule has 20 heavy (non-hydrogen) atoms. The quantitative estimate of drug-likeness (QED) is 0.793. The Labute approximate surface area is 120 Å². The van der Waals surface area contributed by atoms with E-state index in [4.69, 9.17) is 4.74 Å². The molecule has 1 fully saturated rings. The number of benzene rings is 1. The summed E-state index contributed by atoms with van der Waals surface area (Å²) in [5, 5.41) is 9.67. The van der Waals surface area contributed by atoms with Crippen molar-refractivity contribution in [1.29, 1.82) is 0 Å². The van der Waals surface area contributed by atoms with Crippen LogP contribution in [0.3, 0.4) is 0 Å². The lowest BCUT2D eigenvalue weighted by Gasteiger charge is -2.34. The van der Waals surface area contributed by atoms with Crippen molar-refractivity contribution in [1.82, 2.24) is 4.90 Å². The van der Waals surface area contributed by atoms with Gasteiger partial charge in [0.25, 0.3) is 0 Å². The summed E-state index contributed by atoms with van der Waals surface area (Å²) in [6, 6.07) is 9.14. The van der Waals surface area contributed by atoms with Gasteiger partial charge in [0.2, 0.25) is 0 Å². The first-order chi connectivity index (χ1) is 9.65. The van der Waals surface area contributed by atoms with Gasteiger partial charge in [-0.05, 0) is 31.2 Å². The summed E-state index contributed by atoms with van der Waals surface area (Å²) in [7, 11) is 1.65. The zero-order chi connectivity index (χ0) is 14.5. The van der Waals surface area contributed by atoms with Gasteiger partial charge in [-0.25, -0.2) is 0 Å². The molecule has 0 radical (unpaired) electrons. The molecule has 2 rings (SSSR count). The van der Waals surface area contributed by atoms with Crippen molar-refractivity contribution in [2.75, 3.05) is 20.3 Å². The number of methoxy groups -OCH3 is 1. The Hall–Kier alpha value is -1.39. The van der Waals surface area contributed by atoms with Gasteiger partial charge in [-0.1, -0.05) is 30.3 Å². The molecule has 1 saturated carbocycles. The normalized spacial score (nSPS) is 17.9. The van der Waals surface area contributed by atoms with E-state index in [1.807, 2.05) is 30.3 Å². The molecular formula is C16H23NO3. The van der Waals surface area contributed by atoms with E-state index in [1.54, 1.807) is 7.11 Å². The zero-order valence-electron chi connectivity index (χ0n) is 12.2. The molecule has 1 aliphatic rings. The van der Waals surface area contributed by atoms with Crippen LogP contribution in [0.1, 0.15) is 31.4 Å².